The normalized spacial score (nSPS) is 10.2. The van der Waals surface area contributed by atoms with Gasteiger partial charge in [-0.05, 0) is 35.4 Å². The Balaban J connectivity index is 0.000000468. The predicted octanol–water partition coefficient (Wildman–Crippen LogP) is 7.80. The molecule has 0 atom stereocenters. The van der Waals surface area contributed by atoms with Gasteiger partial charge in [-0.2, -0.15) is 62.7 Å². The second kappa shape index (κ2) is 16.8. The summed E-state index contributed by atoms with van der Waals surface area (Å²) in [5, 5.41) is 17.5. The molecule has 0 saturated carbocycles. The summed E-state index contributed by atoms with van der Waals surface area (Å²) in [5.74, 6) is -0.0538. The minimum Gasteiger partial charge on any atom is -0.508 e. The summed E-state index contributed by atoms with van der Waals surface area (Å²) < 4.78 is 70.7. The van der Waals surface area contributed by atoms with E-state index < -0.39 is 25.2 Å². The smallest absolute Gasteiger partial charge is 0.508 e. The Morgan fingerprint density at radius 2 is 0.771 bits per heavy atom. The Bertz CT molecular complexity index is 858. The fourth-order valence-electron chi connectivity index (χ4n) is 2.33. The quantitative estimate of drug-likeness (QED) is 0.190. The number of aromatic hydroxyl groups is 2. The summed E-state index contributed by atoms with van der Waals surface area (Å²) in [6.45, 7) is 0. The van der Waals surface area contributed by atoms with Crippen LogP contribution in [0.2, 0.25) is 0 Å². The maximum absolute atomic E-state index is 11.8. The molecular weight excluding hydrogens is 549 g/mol. The van der Waals surface area contributed by atoms with Crippen molar-refractivity contribution in [3.05, 3.63) is 120 Å². The molecule has 2 N–H and O–H groups in total. The molecule has 0 aliphatic heterocycles. The van der Waals surface area contributed by atoms with Crippen LogP contribution in [-0.4, -0.2) is 22.6 Å². The van der Waals surface area contributed by atoms with Gasteiger partial charge in [-0.1, -0.05) is 24.3 Å². The Hall–Kier alpha value is -2.80. The summed E-state index contributed by atoms with van der Waals surface area (Å²) in [6, 6.07) is 30.0. The molecule has 0 bridgehead atoms. The number of phenols is 2. The third-order valence-electron chi connectivity index (χ3n) is 3.79. The van der Waals surface area contributed by atoms with E-state index in [2.05, 4.69) is 0 Å². The van der Waals surface area contributed by atoms with Crippen LogP contribution in [0.15, 0.2) is 109 Å². The van der Waals surface area contributed by atoms with Gasteiger partial charge in [-0.25, -0.2) is 24.3 Å². The maximum atomic E-state index is 11.8. The zero-order valence-corrected chi connectivity index (χ0v) is 20.9. The molecule has 4 aromatic rings. The topological polar surface area (TPSA) is 40.5 Å². The van der Waals surface area contributed by atoms with E-state index in [1.165, 1.54) is 48.5 Å². The Morgan fingerprint density at radius 1 is 0.514 bits per heavy atom. The molecule has 0 unspecified atom stereocenters. The molecule has 186 valence electrons. The molecule has 0 heterocycles. The van der Waals surface area contributed by atoms with Gasteiger partial charge in [0.2, 0.25) is 0 Å². The van der Waals surface area contributed by atoms with Crippen LogP contribution < -0.4 is 0 Å². The van der Waals surface area contributed by atoms with Gasteiger partial charge in [0, 0.05) is 0 Å². The largest absolute Gasteiger partial charge is 2.00 e. The van der Waals surface area contributed by atoms with Gasteiger partial charge in [-0.15, -0.1) is 0 Å². The molecule has 0 amide bonds. The van der Waals surface area contributed by atoms with Gasteiger partial charge in [-0.3, -0.25) is 0 Å². The first kappa shape index (κ1) is 32.2. The zero-order valence-electron chi connectivity index (χ0n) is 18.5. The van der Waals surface area contributed by atoms with Crippen LogP contribution in [0.4, 0.5) is 26.3 Å². The number of phenolic OH excluding ortho intramolecular Hbond substituents is 2. The van der Waals surface area contributed by atoms with Crippen molar-refractivity contribution in [2.24, 2.45) is 0 Å². The average Bonchev–Trinajstić information content (AvgIpc) is 3.49. The average molecular weight is 574 g/mol. The van der Waals surface area contributed by atoms with E-state index in [9.17, 15) is 26.3 Å². The maximum Gasteiger partial charge on any atom is 2.00 e. The van der Waals surface area contributed by atoms with Gasteiger partial charge >= 0.3 is 38.6 Å². The Kier molecular flexibility index (Phi) is 15.4. The summed E-state index contributed by atoms with van der Waals surface area (Å²) in [7, 11) is 0. The third kappa shape index (κ3) is 19.2. The molecule has 0 fully saturated rings. The van der Waals surface area contributed by atoms with Crippen molar-refractivity contribution < 1.29 is 62.8 Å². The van der Waals surface area contributed by atoms with Crippen molar-refractivity contribution in [2.45, 2.75) is 25.2 Å². The van der Waals surface area contributed by atoms with E-state index in [0.29, 0.717) is 0 Å². The van der Waals surface area contributed by atoms with Gasteiger partial charge in [0.1, 0.15) is 11.5 Å². The van der Waals surface area contributed by atoms with E-state index >= 15 is 0 Å². The second-order valence-corrected chi connectivity index (χ2v) is 6.84. The Labute approximate surface area is 219 Å². The summed E-state index contributed by atoms with van der Waals surface area (Å²) in [5.41, 5.74) is 0.306. The zero-order chi connectivity index (χ0) is 25.5. The van der Waals surface area contributed by atoms with Crippen LogP contribution in [0.3, 0.4) is 0 Å². The molecule has 0 aliphatic carbocycles. The number of halogens is 6. The van der Waals surface area contributed by atoms with Crippen molar-refractivity contribution in [1.82, 2.24) is 0 Å². The Morgan fingerprint density at radius 3 is 0.943 bits per heavy atom. The van der Waals surface area contributed by atoms with Crippen molar-refractivity contribution in [3.63, 3.8) is 0 Å². The predicted molar refractivity (Wildman–Crippen MR) is 120 cm³/mol. The van der Waals surface area contributed by atoms with Gasteiger partial charge in [0.25, 0.3) is 0 Å². The molecular formula is C26H24F6O2Zr. The van der Waals surface area contributed by atoms with Crippen LogP contribution >= 0.6 is 0 Å². The molecule has 2 nitrogen and oxygen atoms in total. The fraction of sp³-hybridized carbons (Fsp3) is 0.154. The van der Waals surface area contributed by atoms with E-state index in [4.69, 9.17) is 10.2 Å². The van der Waals surface area contributed by atoms with E-state index in [-0.39, 0.29) is 48.8 Å². The summed E-state index contributed by atoms with van der Waals surface area (Å²) >= 11 is 0. The van der Waals surface area contributed by atoms with Crippen LogP contribution in [0, 0.1) is 0 Å². The summed E-state index contributed by atoms with van der Waals surface area (Å²) in [6.07, 6.45) is -10.3. The monoisotopic (exact) mass is 572 g/mol. The number of hydrogen-bond acceptors (Lipinski definition) is 2. The molecule has 0 aliphatic rings. The van der Waals surface area contributed by atoms with Crippen LogP contribution in [0.5, 0.6) is 11.5 Å². The fourth-order valence-corrected chi connectivity index (χ4v) is 2.33. The first-order valence-electron chi connectivity index (χ1n) is 9.97. The van der Waals surface area contributed by atoms with Crippen LogP contribution in [0.1, 0.15) is 11.1 Å². The van der Waals surface area contributed by atoms with Crippen molar-refractivity contribution in [2.75, 3.05) is 0 Å². The molecule has 0 saturated heterocycles. The van der Waals surface area contributed by atoms with Gasteiger partial charge < -0.3 is 10.2 Å². The molecule has 0 spiro atoms. The number of alkyl halides is 6. The molecule has 9 heteroatoms. The minimum atomic E-state index is -4.18. The van der Waals surface area contributed by atoms with E-state index in [1.807, 2.05) is 60.7 Å². The molecule has 4 aromatic carbocycles. The van der Waals surface area contributed by atoms with Crippen LogP contribution in [-0.2, 0) is 39.0 Å². The first-order chi connectivity index (χ1) is 15.9. The molecule has 0 radical (unpaired) electrons. The van der Waals surface area contributed by atoms with Gasteiger partial charge in [0.05, 0.1) is 12.8 Å². The van der Waals surface area contributed by atoms with Crippen molar-refractivity contribution in [1.29, 1.82) is 0 Å². The number of benzene rings is 2. The SMILES string of the molecule is Oc1ccc(CC(F)(F)F)cc1.Oc1ccc(CC(F)(F)F)cc1.[Zr+2].c1cc[cH-]c1.c1cc[cH-]c1. The van der Waals surface area contributed by atoms with Crippen molar-refractivity contribution in [3.8, 4) is 11.5 Å². The standard InChI is InChI=1S/2C8H7F3O.2C5H5.Zr/c2*9-8(10,11)5-6-1-3-7(12)4-2-6;2*1-2-4-5-3-1;/h2*1-4,12H,5H2;2*1-5H;/q;;2*-1;+2. The second-order valence-electron chi connectivity index (χ2n) is 6.84. The number of hydrogen-bond donors (Lipinski definition) is 2. The first-order valence-corrected chi connectivity index (χ1v) is 9.97. The van der Waals surface area contributed by atoms with Crippen molar-refractivity contribution >= 4 is 0 Å². The van der Waals surface area contributed by atoms with E-state index in [0.717, 1.165) is 0 Å². The molecule has 4 rings (SSSR count). The number of rotatable bonds is 2. The minimum absolute atomic E-state index is 0. The van der Waals surface area contributed by atoms with Gasteiger partial charge in [0.15, 0.2) is 0 Å². The van der Waals surface area contributed by atoms with Crippen LogP contribution in [0.25, 0.3) is 0 Å². The molecule has 0 aromatic heterocycles. The molecule has 35 heavy (non-hydrogen) atoms. The van der Waals surface area contributed by atoms with E-state index in [1.54, 1.807) is 0 Å². The summed E-state index contributed by atoms with van der Waals surface area (Å²) in [4.78, 5) is 0. The third-order valence-corrected chi connectivity index (χ3v) is 3.79.